The van der Waals surface area contributed by atoms with Gasteiger partial charge >= 0.3 is 0 Å². The van der Waals surface area contributed by atoms with Crippen LogP contribution in [0.3, 0.4) is 0 Å². The van der Waals surface area contributed by atoms with E-state index >= 15 is 0 Å². The molecule has 4 rings (SSSR count). The van der Waals surface area contributed by atoms with E-state index in [1.165, 1.54) is 44.9 Å². The van der Waals surface area contributed by atoms with Crippen LogP contribution in [0.2, 0.25) is 0 Å². The predicted molar refractivity (Wildman–Crippen MR) is 133 cm³/mol. The van der Waals surface area contributed by atoms with Crippen molar-refractivity contribution in [3.63, 3.8) is 0 Å². The molecule has 2 unspecified atom stereocenters. The van der Waals surface area contributed by atoms with E-state index in [-0.39, 0.29) is 22.0 Å². The third kappa shape index (κ3) is 3.32. The van der Waals surface area contributed by atoms with Gasteiger partial charge < -0.3 is 5.11 Å². The van der Waals surface area contributed by atoms with Gasteiger partial charge in [-0.25, -0.2) is 0 Å². The molecule has 4 aliphatic rings. The zero-order valence-electron chi connectivity index (χ0n) is 22.3. The molecule has 2 heteroatoms. The minimum absolute atomic E-state index is 0.00476. The quantitative estimate of drug-likeness (QED) is 0.445. The van der Waals surface area contributed by atoms with Crippen molar-refractivity contribution in [2.24, 2.45) is 51.2 Å². The molecule has 0 radical (unpaired) electrons. The molecule has 0 aromatic carbocycles. The number of carbonyl (C=O) groups is 1. The van der Waals surface area contributed by atoms with Crippen LogP contribution in [0.25, 0.3) is 0 Å². The van der Waals surface area contributed by atoms with E-state index in [0.29, 0.717) is 23.7 Å². The monoisotopic (exact) mass is 442 g/mol. The van der Waals surface area contributed by atoms with Crippen molar-refractivity contribution in [3.8, 4) is 0 Å². The highest BCUT2D eigenvalue weighted by molar-refractivity contribution is 5.85. The molecule has 0 aliphatic heterocycles. The Morgan fingerprint density at radius 1 is 1.03 bits per heavy atom. The first-order valence-electron chi connectivity index (χ1n) is 13.7. The topological polar surface area (TPSA) is 37.3 Å². The van der Waals surface area contributed by atoms with Gasteiger partial charge in [0.05, 0.1) is 0 Å². The van der Waals surface area contributed by atoms with Gasteiger partial charge in [0.15, 0.2) is 5.78 Å². The molecule has 0 bridgehead atoms. The number of hydrogen-bond acceptors (Lipinski definition) is 2. The van der Waals surface area contributed by atoms with Crippen molar-refractivity contribution in [2.75, 3.05) is 0 Å². The van der Waals surface area contributed by atoms with Crippen molar-refractivity contribution in [2.45, 2.75) is 119 Å². The largest absolute Gasteiger partial charge is 0.385 e. The van der Waals surface area contributed by atoms with Gasteiger partial charge in [-0.05, 0) is 77.9 Å². The third-order valence-electron chi connectivity index (χ3n) is 11.8. The Morgan fingerprint density at radius 2 is 1.72 bits per heavy atom. The molecule has 0 heterocycles. The number of carbonyl (C=O) groups excluding carboxylic acids is 1. The summed E-state index contributed by atoms with van der Waals surface area (Å²) in [5.74, 6) is 3.40. The van der Waals surface area contributed by atoms with Crippen LogP contribution in [-0.4, -0.2) is 17.0 Å². The maximum Gasteiger partial charge on any atom is 0.162 e. The summed E-state index contributed by atoms with van der Waals surface area (Å²) in [5.41, 5.74) is 2.00. The van der Waals surface area contributed by atoms with Crippen LogP contribution >= 0.6 is 0 Å². The van der Waals surface area contributed by atoms with E-state index in [9.17, 15) is 9.90 Å². The number of aliphatic hydroxyl groups excluding tert-OH is 1. The van der Waals surface area contributed by atoms with E-state index in [1.807, 2.05) is 0 Å². The lowest BCUT2D eigenvalue weighted by Gasteiger charge is -2.63. The summed E-state index contributed by atoms with van der Waals surface area (Å²) in [4.78, 5) is 12.9. The number of aliphatic hydroxyl groups is 1. The van der Waals surface area contributed by atoms with Crippen LogP contribution in [0.4, 0.5) is 0 Å². The molecule has 8 atom stereocenters. The first-order chi connectivity index (χ1) is 14.8. The fourth-order valence-corrected chi connectivity index (χ4v) is 9.63. The molecule has 0 spiro atoms. The molecule has 0 saturated heterocycles. The standard InChI is InChI=1S/C30H50O2/c1-19(2)10-9-11-20(3)21-14-16-30(8)23-12-13-25-27(4,5)26(32)24(31)18-28(25,6)22(23)15-17-29(21,30)7/h12,19-22,25-26,32H,9-11,13-18H2,1-8H3/t20-,21-,22+,25?,26?,28-,29-,30+/m1/s1. The number of fused-ring (bicyclic) bond motifs is 5. The Hall–Kier alpha value is -0.630. The lowest BCUT2D eigenvalue weighted by molar-refractivity contribution is -0.163. The van der Waals surface area contributed by atoms with E-state index < -0.39 is 6.10 Å². The van der Waals surface area contributed by atoms with E-state index in [2.05, 4.69) is 61.5 Å². The predicted octanol–water partition coefficient (Wildman–Crippen LogP) is 7.59. The molecular weight excluding hydrogens is 392 g/mol. The lowest BCUT2D eigenvalue weighted by Crippen LogP contribution is -2.60. The molecule has 4 aliphatic carbocycles. The second kappa shape index (κ2) is 7.96. The van der Waals surface area contributed by atoms with Crippen molar-refractivity contribution in [1.82, 2.24) is 0 Å². The van der Waals surface area contributed by atoms with Gasteiger partial charge in [-0.2, -0.15) is 0 Å². The number of Topliss-reactive ketones (excluding diaryl/α,β-unsaturated/α-hetero) is 1. The summed E-state index contributed by atoms with van der Waals surface area (Å²) < 4.78 is 0. The molecule has 182 valence electrons. The highest BCUT2D eigenvalue weighted by atomic mass is 16.3. The van der Waals surface area contributed by atoms with Crippen LogP contribution in [-0.2, 0) is 4.79 Å². The summed E-state index contributed by atoms with van der Waals surface area (Å²) in [6, 6.07) is 0. The van der Waals surface area contributed by atoms with Gasteiger partial charge in [0, 0.05) is 11.8 Å². The van der Waals surface area contributed by atoms with Crippen LogP contribution < -0.4 is 0 Å². The molecule has 3 saturated carbocycles. The highest BCUT2D eigenvalue weighted by Gasteiger charge is 2.66. The maximum absolute atomic E-state index is 12.9. The summed E-state index contributed by atoms with van der Waals surface area (Å²) in [6.45, 7) is 19.1. The van der Waals surface area contributed by atoms with Crippen molar-refractivity contribution < 1.29 is 9.90 Å². The van der Waals surface area contributed by atoms with E-state index in [1.54, 1.807) is 5.57 Å². The van der Waals surface area contributed by atoms with Gasteiger partial charge in [0.1, 0.15) is 6.10 Å². The Bertz CT molecular complexity index is 778. The first kappa shape index (κ1) is 24.5. The zero-order valence-corrected chi connectivity index (χ0v) is 22.3. The number of ketones is 1. The summed E-state index contributed by atoms with van der Waals surface area (Å²) >= 11 is 0. The molecule has 1 N–H and O–H groups in total. The van der Waals surface area contributed by atoms with Crippen molar-refractivity contribution in [3.05, 3.63) is 11.6 Å². The Balaban J connectivity index is 1.63. The molecule has 0 aromatic rings. The van der Waals surface area contributed by atoms with Crippen LogP contribution in [0.1, 0.15) is 113 Å². The van der Waals surface area contributed by atoms with E-state index in [4.69, 9.17) is 0 Å². The van der Waals surface area contributed by atoms with Gasteiger partial charge in [-0.1, -0.05) is 86.3 Å². The fraction of sp³-hybridized carbons (Fsp3) is 0.900. The second-order valence-electron chi connectivity index (χ2n) is 14.1. The second-order valence-corrected chi connectivity index (χ2v) is 14.1. The molecule has 3 fully saturated rings. The number of allylic oxidation sites excluding steroid dienone is 2. The van der Waals surface area contributed by atoms with Crippen molar-refractivity contribution >= 4 is 5.78 Å². The molecule has 0 amide bonds. The average molecular weight is 443 g/mol. The Labute approximate surface area is 198 Å². The molecular formula is C30H50O2. The Kier molecular flexibility index (Phi) is 6.09. The van der Waals surface area contributed by atoms with Gasteiger partial charge in [0.2, 0.25) is 0 Å². The highest BCUT2D eigenvalue weighted by Crippen LogP contribution is 2.73. The normalized spacial score (nSPS) is 46.3. The van der Waals surface area contributed by atoms with Crippen LogP contribution in [0, 0.1) is 51.2 Å². The Morgan fingerprint density at radius 3 is 2.38 bits per heavy atom. The lowest BCUT2D eigenvalue weighted by atomic mass is 9.41. The van der Waals surface area contributed by atoms with Gasteiger partial charge in [-0.3, -0.25) is 4.79 Å². The van der Waals surface area contributed by atoms with E-state index in [0.717, 1.165) is 24.2 Å². The minimum atomic E-state index is -0.803. The van der Waals surface area contributed by atoms with Gasteiger partial charge in [-0.15, -0.1) is 0 Å². The molecule has 2 nitrogen and oxygen atoms in total. The third-order valence-corrected chi connectivity index (χ3v) is 11.8. The smallest absolute Gasteiger partial charge is 0.162 e. The van der Waals surface area contributed by atoms with Crippen LogP contribution in [0.5, 0.6) is 0 Å². The minimum Gasteiger partial charge on any atom is -0.385 e. The SMILES string of the molecule is CC(C)CCC[C@@H](C)[C@H]1CC[C@@]2(C)C3=CCC4C(C)(C)C(O)C(=O)C[C@]4(C)[C@H]3CC[C@]12C. The molecule has 0 aromatic heterocycles. The fourth-order valence-electron chi connectivity index (χ4n) is 9.63. The summed E-state index contributed by atoms with van der Waals surface area (Å²) in [7, 11) is 0. The van der Waals surface area contributed by atoms with Crippen molar-refractivity contribution in [1.29, 1.82) is 0 Å². The molecule has 32 heavy (non-hydrogen) atoms. The zero-order chi connectivity index (χ0) is 23.7. The van der Waals surface area contributed by atoms with Gasteiger partial charge in [0.25, 0.3) is 0 Å². The average Bonchev–Trinajstić information content (AvgIpc) is 2.97. The summed E-state index contributed by atoms with van der Waals surface area (Å²) in [6.07, 6.45) is 12.7. The van der Waals surface area contributed by atoms with Crippen LogP contribution in [0.15, 0.2) is 11.6 Å². The first-order valence-corrected chi connectivity index (χ1v) is 13.7. The number of hydrogen-bond donors (Lipinski definition) is 1. The maximum atomic E-state index is 12.9. The summed E-state index contributed by atoms with van der Waals surface area (Å²) in [5, 5.41) is 10.7. The number of rotatable bonds is 5.